The van der Waals surface area contributed by atoms with Crippen molar-refractivity contribution in [3.8, 4) is 0 Å². The molecule has 0 bridgehead atoms. The molecule has 1 aromatic rings. The van der Waals surface area contributed by atoms with Gasteiger partial charge in [0, 0.05) is 23.9 Å². The molecule has 1 aliphatic heterocycles. The molecule has 1 aliphatic carbocycles. The largest absolute Gasteiger partial charge is 0.342 e. The molecule has 0 N–H and O–H groups in total. The number of aryl methyl sites for hydroxylation is 1. The SMILES string of the molecule is CCC(CC)N1C(=Nc2ccc([N+](=O)[O-])cc2C)SCC12CCCC2. The molecule has 0 radical (unpaired) electrons. The van der Waals surface area contributed by atoms with Crippen LogP contribution in [-0.2, 0) is 0 Å². The van der Waals surface area contributed by atoms with Crippen LogP contribution in [-0.4, -0.2) is 32.3 Å². The van der Waals surface area contributed by atoms with Crippen LogP contribution in [0, 0.1) is 17.0 Å². The quantitative estimate of drug-likeness (QED) is 0.517. The van der Waals surface area contributed by atoms with Crippen molar-refractivity contribution in [3.05, 3.63) is 33.9 Å². The van der Waals surface area contributed by atoms with Gasteiger partial charge in [0.25, 0.3) is 5.69 Å². The van der Waals surface area contributed by atoms with Crippen molar-refractivity contribution in [2.75, 3.05) is 5.75 Å². The Morgan fingerprint density at radius 3 is 2.56 bits per heavy atom. The molecule has 25 heavy (non-hydrogen) atoms. The summed E-state index contributed by atoms with van der Waals surface area (Å²) >= 11 is 1.86. The van der Waals surface area contributed by atoms with E-state index in [1.807, 2.05) is 18.7 Å². The van der Waals surface area contributed by atoms with Gasteiger partial charge in [-0.3, -0.25) is 10.1 Å². The minimum Gasteiger partial charge on any atom is -0.342 e. The van der Waals surface area contributed by atoms with E-state index >= 15 is 0 Å². The van der Waals surface area contributed by atoms with E-state index in [2.05, 4.69) is 18.7 Å². The summed E-state index contributed by atoms with van der Waals surface area (Å²) in [6, 6.07) is 5.47. The van der Waals surface area contributed by atoms with Gasteiger partial charge in [-0.2, -0.15) is 0 Å². The second-order valence-corrected chi connectivity index (χ2v) is 8.13. The Kier molecular flexibility index (Phi) is 5.37. The molecule has 0 unspecified atom stereocenters. The summed E-state index contributed by atoms with van der Waals surface area (Å²) in [7, 11) is 0. The second kappa shape index (κ2) is 7.36. The molecule has 1 aromatic carbocycles. The number of rotatable bonds is 5. The van der Waals surface area contributed by atoms with Crippen molar-refractivity contribution in [1.29, 1.82) is 0 Å². The Balaban J connectivity index is 1.97. The average molecular weight is 362 g/mol. The lowest BCUT2D eigenvalue weighted by Crippen LogP contribution is -2.50. The summed E-state index contributed by atoms with van der Waals surface area (Å²) in [6.07, 6.45) is 7.37. The zero-order chi connectivity index (χ0) is 18.0. The minimum absolute atomic E-state index is 0.129. The van der Waals surface area contributed by atoms with Crippen LogP contribution in [0.25, 0.3) is 0 Å². The lowest BCUT2D eigenvalue weighted by molar-refractivity contribution is -0.384. The van der Waals surface area contributed by atoms with E-state index in [0.29, 0.717) is 6.04 Å². The van der Waals surface area contributed by atoms with Crippen molar-refractivity contribution >= 4 is 28.3 Å². The first-order valence-corrected chi connectivity index (χ1v) is 10.2. The van der Waals surface area contributed by atoms with Gasteiger partial charge < -0.3 is 4.90 Å². The van der Waals surface area contributed by atoms with Crippen molar-refractivity contribution in [2.45, 2.75) is 70.9 Å². The summed E-state index contributed by atoms with van der Waals surface area (Å²) in [5, 5.41) is 12.1. The monoisotopic (exact) mass is 361 g/mol. The molecule has 5 nitrogen and oxygen atoms in total. The molecule has 0 aromatic heterocycles. The first-order valence-electron chi connectivity index (χ1n) is 9.26. The maximum Gasteiger partial charge on any atom is 0.269 e. The lowest BCUT2D eigenvalue weighted by Gasteiger charge is -2.41. The van der Waals surface area contributed by atoms with E-state index in [-0.39, 0.29) is 16.1 Å². The zero-order valence-corrected chi connectivity index (χ0v) is 16.1. The van der Waals surface area contributed by atoms with Crippen LogP contribution < -0.4 is 0 Å². The van der Waals surface area contributed by atoms with Crippen LogP contribution in [0.15, 0.2) is 23.2 Å². The molecule has 0 amide bonds. The molecule has 0 atom stereocenters. The Labute approximate surface area is 154 Å². The van der Waals surface area contributed by atoms with Crippen LogP contribution in [0.3, 0.4) is 0 Å². The van der Waals surface area contributed by atoms with Gasteiger partial charge in [-0.05, 0) is 44.2 Å². The van der Waals surface area contributed by atoms with Crippen LogP contribution in [0.5, 0.6) is 0 Å². The van der Waals surface area contributed by atoms with Gasteiger partial charge in [0.2, 0.25) is 0 Å². The van der Waals surface area contributed by atoms with Gasteiger partial charge >= 0.3 is 0 Å². The van der Waals surface area contributed by atoms with E-state index in [1.54, 1.807) is 18.2 Å². The topological polar surface area (TPSA) is 58.7 Å². The number of amidine groups is 1. The van der Waals surface area contributed by atoms with Crippen LogP contribution >= 0.6 is 11.8 Å². The maximum atomic E-state index is 11.0. The highest BCUT2D eigenvalue weighted by Gasteiger charge is 2.48. The predicted octanol–water partition coefficient (Wildman–Crippen LogP) is 5.44. The van der Waals surface area contributed by atoms with Gasteiger partial charge in [-0.15, -0.1) is 0 Å². The van der Waals surface area contributed by atoms with E-state index in [9.17, 15) is 10.1 Å². The van der Waals surface area contributed by atoms with Crippen molar-refractivity contribution < 1.29 is 4.92 Å². The van der Waals surface area contributed by atoms with Gasteiger partial charge in [0.1, 0.15) is 0 Å². The van der Waals surface area contributed by atoms with E-state index in [4.69, 9.17) is 4.99 Å². The Hall–Kier alpha value is -1.56. The fourth-order valence-electron chi connectivity index (χ4n) is 4.22. The Morgan fingerprint density at radius 1 is 1.32 bits per heavy atom. The average Bonchev–Trinajstić information content (AvgIpc) is 3.20. The molecule has 6 heteroatoms. The zero-order valence-electron chi connectivity index (χ0n) is 15.3. The van der Waals surface area contributed by atoms with Gasteiger partial charge in [0.15, 0.2) is 5.17 Å². The van der Waals surface area contributed by atoms with Gasteiger partial charge in [-0.1, -0.05) is 38.5 Å². The highest BCUT2D eigenvalue weighted by molar-refractivity contribution is 8.14. The minimum atomic E-state index is -0.349. The third-order valence-corrected chi connectivity index (χ3v) is 6.86. The van der Waals surface area contributed by atoms with Crippen LogP contribution in [0.4, 0.5) is 11.4 Å². The summed E-state index contributed by atoms with van der Waals surface area (Å²) in [4.78, 5) is 18.2. The smallest absolute Gasteiger partial charge is 0.269 e. The number of nitrogens with zero attached hydrogens (tertiary/aromatic N) is 3. The standard InChI is InChI=1S/C19H27N3O2S/c1-4-15(5-2)21-18(25-13-19(21)10-6-7-11-19)20-17-9-8-16(22(23)24)12-14(17)3/h8-9,12,15H,4-7,10-11,13H2,1-3H3. The molecule has 136 valence electrons. The van der Waals surface area contributed by atoms with Crippen molar-refractivity contribution in [1.82, 2.24) is 4.90 Å². The fourth-order valence-corrected chi connectivity index (χ4v) is 5.69. The molecule has 3 rings (SSSR count). The summed E-state index contributed by atoms with van der Waals surface area (Å²) in [5.41, 5.74) is 2.11. The van der Waals surface area contributed by atoms with Crippen molar-refractivity contribution in [3.63, 3.8) is 0 Å². The van der Waals surface area contributed by atoms with Crippen LogP contribution in [0.2, 0.25) is 0 Å². The van der Waals surface area contributed by atoms with Crippen molar-refractivity contribution in [2.24, 2.45) is 4.99 Å². The number of benzene rings is 1. The Morgan fingerprint density at radius 2 is 2.00 bits per heavy atom. The lowest BCUT2D eigenvalue weighted by atomic mass is 9.94. The number of nitro benzene ring substituents is 1. The first kappa shape index (κ1) is 18.2. The molecule has 2 fully saturated rings. The maximum absolute atomic E-state index is 11.0. The third kappa shape index (κ3) is 3.41. The normalized spacial score (nSPS) is 21.0. The summed E-state index contributed by atoms with van der Waals surface area (Å²) < 4.78 is 0. The van der Waals surface area contributed by atoms with Gasteiger partial charge in [-0.25, -0.2) is 4.99 Å². The molecule has 2 aliphatic rings. The predicted molar refractivity (Wildman–Crippen MR) is 105 cm³/mol. The highest BCUT2D eigenvalue weighted by atomic mass is 32.2. The first-order chi connectivity index (χ1) is 12.0. The molecular weight excluding hydrogens is 334 g/mol. The number of aliphatic imine (C=N–C) groups is 1. The Bertz CT molecular complexity index is 679. The molecular formula is C19H27N3O2S. The number of non-ortho nitro benzene ring substituents is 1. The van der Waals surface area contributed by atoms with E-state index < -0.39 is 0 Å². The molecule has 1 saturated carbocycles. The number of hydrogen-bond donors (Lipinski definition) is 0. The fraction of sp³-hybridized carbons (Fsp3) is 0.632. The number of thioether (sulfide) groups is 1. The van der Waals surface area contributed by atoms with Crippen LogP contribution in [0.1, 0.15) is 57.9 Å². The summed E-state index contributed by atoms with van der Waals surface area (Å²) in [5.74, 6) is 1.12. The molecule has 1 spiro atoms. The third-order valence-electron chi connectivity index (χ3n) is 5.64. The van der Waals surface area contributed by atoms with E-state index in [1.165, 1.54) is 25.7 Å². The van der Waals surface area contributed by atoms with Gasteiger partial charge in [0.05, 0.1) is 16.1 Å². The van der Waals surface area contributed by atoms with E-state index in [0.717, 1.165) is 35.0 Å². The number of hydrogen-bond acceptors (Lipinski definition) is 4. The highest BCUT2D eigenvalue weighted by Crippen LogP contribution is 2.47. The molecule has 1 heterocycles. The number of nitro groups is 1. The second-order valence-electron chi connectivity index (χ2n) is 7.18. The summed E-state index contributed by atoms with van der Waals surface area (Å²) in [6.45, 7) is 6.42. The molecule has 1 saturated heterocycles.